The average molecular weight is 291 g/mol. The summed E-state index contributed by atoms with van der Waals surface area (Å²) in [7, 11) is 0. The van der Waals surface area contributed by atoms with E-state index >= 15 is 0 Å². The van der Waals surface area contributed by atoms with Crippen molar-refractivity contribution in [3.05, 3.63) is 35.9 Å². The zero-order chi connectivity index (χ0) is 14.4. The molecule has 1 fully saturated rings. The maximum absolute atomic E-state index is 5.81. The fourth-order valence-electron chi connectivity index (χ4n) is 2.94. The lowest BCUT2D eigenvalue weighted by atomic mass is 10.0. The molecule has 1 aromatic carbocycles. The zero-order valence-corrected chi connectivity index (χ0v) is 13.1. The molecule has 4 heteroatoms. The minimum Gasteiger partial charge on any atom is -0.393 e. The van der Waals surface area contributed by atoms with Crippen molar-refractivity contribution in [1.29, 1.82) is 0 Å². The van der Waals surface area contributed by atoms with Crippen molar-refractivity contribution in [2.75, 3.05) is 32.7 Å². The predicted octanol–water partition coefficient (Wildman–Crippen LogP) is 2.43. The van der Waals surface area contributed by atoms with Crippen LogP contribution in [0.25, 0.3) is 0 Å². The van der Waals surface area contributed by atoms with Crippen LogP contribution in [0.15, 0.2) is 30.3 Å². The molecule has 0 amide bonds. The van der Waals surface area contributed by atoms with E-state index in [2.05, 4.69) is 47.1 Å². The van der Waals surface area contributed by atoms with Crippen LogP contribution in [0, 0.1) is 0 Å². The third kappa shape index (κ3) is 4.27. The molecule has 1 aliphatic rings. The van der Waals surface area contributed by atoms with Gasteiger partial charge in [0, 0.05) is 38.6 Å². The number of hydrogen-bond donors (Lipinski definition) is 1. The van der Waals surface area contributed by atoms with Crippen LogP contribution in [-0.2, 0) is 0 Å². The Morgan fingerprint density at radius 3 is 2.40 bits per heavy atom. The van der Waals surface area contributed by atoms with Crippen molar-refractivity contribution >= 4 is 17.2 Å². The molecule has 0 radical (unpaired) electrons. The molecule has 1 saturated heterocycles. The highest BCUT2D eigenvalue weighted by Crippen LogP contribution is 2.25. The Kier molecular flexibility index (Phi) is 5.95. The second-order valence-electron chi connectivity index (χ2n) is 5.47. The van der Waals surface area contributed by atoms with Crippen molar-refractivity contribution in [1.82, 2.24) is 9.80 Å². The predicted molar refractivity (Wildman–Crippen MR) is 88.9 cm³/mol. The van der Waals surface area contributed by atoms with Gasteiger partial charge < -0.3 is 10.6 Å². The number of thiocarbonyl (C=S) groups is 1. The molecular weight excluding hydrogens is 266 g/mol. The lowest BCUT2D eigenvalue weighted by Crippen LogP contribution is -2.48. The average Bonchev–Trinajstić information content (AvgIpc) is 2.47. The van der Waals surface area contributed by atoms with Gasteiger partial charge in [0.15, 0.2) is 0 Å². The largest absolute Gasteiger partial charge is 0.393 e. The van der Waals surface area contributed by atoms with Gasteiger partial charge in [-0.1, -0.05) is 49.5 Å². The van der Waals surface area contributed by atoms with Gasteiger partial charge in [0.25, 0.3) is 0 Å². The maximum atomic E-state index is 5.81. The van der Waals surface area contributed by atoms with Crippen LogP contribution in [0.4, 0.5) is 0 Å². The number of nitrogens with two attached hydrogens (primary N) is 1. The summed E-state index contributed by atoms with van der Waals surface area (Å²) in [5, 5.41) is 0. The summed E-state index contributed by atoms with van der Waals surface area (Å²) in [6.45, 7) is 7.94. The SMILES string of the molecule is CCCN1CCN(C(CC(N)=S)c2ccccc2)CC1. The topological polar surface area (TPSA) is 32.5 Å². The van der Waals surface area contributed by atoms with Gasteiger partial charge >= 0.3 is 0 Å². The first-order chi connectivity index (χ1) is 9.70. The van der Waals surface area contributed by atoms with Crippen molar-refractivity contribution in [3.63, 3.8) is 0 Å². The lowest BCUT2D eigenvalue weighted by molar-refractivity contribution is 0.0982. The summed E-state index contributed by atoms with van der Waals surface area (Å²) in [6.07, 6.45) is 2.00. The van der Waals surface area contributed by atoms with E-state index in [4.69, 9.17) is 18.0 Å². The summed E-state index contributed by atoms with van der Waals surface area (Å²) in [4.78, 5) is 5.68. The Bertz CT molecular complexity index is 413. The maximum Gasteiger partial charge on any atom is 0.0746 e. The second kappa shape index (κ2) is 7.72. The molecule has 0 saturated carbocycles. The van der Waals surface area contributed by atoms with Gasteiger partial charge in [-0.25, -0.2) is 0 Å². The van der Waals surface area contributed by atoms with E-state index in [1.54, 1.807) is 0 Å². The molecule has 1 aliphatic heterocycles. The standard InChI is InChI=1S/C16H25N3S/c1-2-8-18-9-11-19(12-10-18)15(13-16(17)20)14-6-4-3-5-7-14/h3-7,15H,2,8-13H2,1H3,(H2,17,20). The fraction of sp³-hybridized carbons (Fsp3) is 0.562. The highest BCUT2D eigenvalue weighted by Gasteiger charge is 2.25. The minimum absolute atomic E-state index is 0.331. The third-order valence-corrected chi connectivity index (χ3v) is 4.13. The highest BCUT2D eigenvalue weighted by atomic mass is 32.1. The number of rotatable bonds is 6. The van der Waals surface area contributed by atoms with Crippen molar-refractivity contribution in [2.45, 2.75) is 25.8 Å². The Morgan fingerprint density at radius 2 is 1.85 bits per heavy atom. The first-order valence-electron chi connectivity index (χ1n) is 7.50. The molecule has 0 aliphatic carbocycles. The van der Waals surface area contributed by atoms with E-state index in [9.17, 15) is 0 Å². The fourth-order valence-corrected chi connectivity index (χ4v) is 3.10. The summed E-state index contributed by atoms with van der Waals surface area (Å²) >= 11 is 5.15. The molecule has 3 nitrogen and oxygen atoms in total. The van der Waals surface area contributed by atoms with Gasteiger partial charge in [-0.3, -0.25) is 4.90 Å². The molecule has 2 rings (SSSR count). The van der Waals surface area contributed by atoms with E-state index in [1.807, 2.05) is 0 Å². The number of nitrogens with zero attached hydrogens (tertiary/aromatic N) is 2. The van der Waals surface area contributed by atoms with Gasteiger partial charge in [0.1, 0.15) is 0 Å². The first-order valence-corrected chi connectivity index (χ1v) is 7.91. The van der Waals surface area contributed by atoms with E-state index in [0.29, 0.717) is 11.0 Å². The quantitative estimate of drug-likeness (QED) is 0.816. The molecule has 1 unspecified atom stereocenters. The van der Waals surface area contributed by atoms with Crippen LogP contribution in [-0.4, -0.2) is 47.5 Å². The first kappa shape index (κ1) is 15.4. The van der Waals surface area contributed by atoms with Gasteiger partial charge in [0.05, 0.1) is 4.99 Å². The molecule has 20 heavy (non-hydrogen) atoms. The molecule has 0 bridgehead atoms. The Labute approximate surface area is 127 Å². The lowest BCUT2D eigenvalue weighted by Gasteiger charge is -2.39. The minimum atomic E-state index is 0.331. The summed E-state index contributed by atoms with van der Waals surface area (Å²) in [6, 6.07) is 10.9. The van der Waals surface area contributed by atoms with Crippen molar-refractivity contribution in [3.8, 4) is 0 Å². The smallest absolute Gasteiger partial charge is 0.0746 e. The third-order valence-electron chi connectivity index (χ3n) is 3.97. The normalized spacial score (nSPS) is 18.9. The Balaban J connectivity index is 2.03. The zero-order valence-electron chi connectivity index (χ0n) is 12.3. The molecule has 0 aromatic heterocycles. The number of piperazine rings is 1. The van der Waals surface area contributed by atoms with Crippen LogP contribution in [0.2, 0.25) is 0 Å². The Hall–Kier alpha value is -0.970. The van der Waals surface area contributed by atoms with Crippen LogP contribution >= 0.6 is 12.2 Å². The van der Waals surface area contributed by atoms with E-state index in [0.717, 1.165) is 32.6 Å². The molecule has 2 N–H and O–H groups in total. The molecule has 1 aromatic rings. The summed E-state index contributed by atoms with van der Waals surface area (Å²) < 4.78 is 0. The van der Waals surface area contributed by atoms with E-state index < -0.39 is 0 Å². The summed E-state index contributed by atoms with van der Waals surface area (Å²) in [5.41, 5.74) is 7.13. The molecular formula is C16H25N3S. The second-order valence-corrected chi connectivity index (χ2v) is 6.00. The molecule has 1 heterocycles. The highest BCUT2D eigenvalue weighted by molar-refractivity contribution is 7.80. The van der Waals surface area contributed by atoms with E-state index in [-0.39, 0.29) is 0 Å². The van der Waals surface area contributed by atoms with Gasteiger partial charge in [-0.2, -0.15) is 0 Å². The van der Waals surface area contributed by atoms with Crippen molar-refractivity contribution < 1.29 is 0 Å². The Morgan fingerprint density at radius 1 is 1.20 bits per heavy atom. The van der Waals surface area contributed by atoms with E-state index in [1.165, 1.54) is 18.5 Å². The summed E-state index contributed by atoms with van der Waals surface area (Å²) in [5.74, 6) is 0. The van der Waals surface area contributed by atoms with Crippen LogP contribution in [0.5, 0.6) is 0 Å². The molecule has 110 valence electrons. The number of hydrogen-bond acceptors (Lipinski definition) is 3. The van der Waals surface area contributed by atoms with Crippen LogP contribution in [0.1, 0.15) is 31.4 Å². The van der Waals surface area contributed by atoms with Gasteiger partial charge in [0.2, 0.25) is 0 Å². The molecule has 0 spiro atoms. The van der Waals surface area contributed by atoms with Crippen LogP contribution < -0.4 is 5.73 Å². The number of benzene rings is 1. The van der Waals surface area contributed by atoms with Gasteiger partial charge in [-0.05, 0) is 18.5 Å². The van der Waals surface area contributed by atoms with Crippen molar-refractivity contribution in [2.24, 2.45) is 5.73 Å². The molecule has 1 atom stereocenters. The monoisotopic (exact) mass is 291 g/mol. The van der Waals surface area contributed by atoms with Crippen LogP contribution in [0.3, 0.4) is 0 Å². The van der Waals surface area contributed by atoms with Gasteiger partial charge in [-0.15, -0.1) is 0 Å².